The summed E-state index contributed by atoms with van der Waals surface area (Å²) >= 11 is 0. The van der Waals surface area contributed by atoms with Crippen molar-refractivity contribution in [2.24, 2.45) is 0 Å². The first kappa shape index (κ1) is 43.4. The van der Waals surface area contributed by atoms with Crippen LogP contribution in [0.5, 0.6) is 0 Å². The minimum Gasteiger partial charge on any atom is -0.245 e. The molecule has 0 spiro atoms. The number of pyridine rings is 2. The highest BCUT2D eigenvalue weighted by molar-refractivity contribution is 6.14. The molecule has 0 saturated heterocycles. The average molecular weight is 949 g/mol. The maximum Gasteiger partial charge on any atom is 0.0978 e. The van der Waals surface area contributed by atoms with Crippen LogP contribution in [0.15, 0.2) is 194 Å². The fourth-order valence-electron chi connectivity index (χ4n) is 14.2. The van der Waals surface area contributed by atoms with Gasteiger partial charge in [-0.05, 0) is 148 Å². The van der Waals surface area contributed by atoms with Crippen LogP contribution in [0, 0.1) is 0 Å². The summed E-state index contributed by atoms with van der Waals surface area (Å²) in [5.41, 5.74) is 31.4. The lowest BCUT2D eigenvalue weighted by Crippen LogP contribution is -2.15. The van der Waals surface area contributed by atoms with E-state index in [1.165, 1.54) is 100 Å². The van der Waals surface area contributed by atoms with E-state index in [0.717, 1.165) is 55.4 Å². The molecular formula is C72H56N2. The van der Waals surface area contributed by atoms with E-state index in [-0.39, 0.29) is 21.7 Å². The highest BCUT2D eigenvalue weighted by Gasteiger charge is 2.39. The second-order valence-corrected chi connectivity index (χ2v) is 23.7. The van der Waals surface area contributed by atoms with E-state index >= 15 is 0 Å². The molecule has 2 nitrogen and oxygen atoms in total. The predicted octanol–water partition coefficient (Wildman–Crippen LogP) is 18.7. The summed E-state index contributed by atoms with van der Waals surface area (Å²) in [4.78, 5) is 11.7. The third-order valence-corrected chi connectivity index (χ3v) is 18.3. The first-order valence-corrected chi connectivity index (χ1v) is 26.5. The Morgan fingerprint density at radius 2 is 0.486 bits per heavy atom. The largest absolute Gasteiger partial charge is 0.245 e. The van der Waals surface area contributed by atoms with E-state index in [0.29, 0.717) is 0 Å². The minimum absolute atomic E-state index is 0.149. The molecule has 0 fully saturated rings. The van der Waals surface area contributed by atoms with E-state index in [1.807, 2.05) is 0 Å². The van der Waals surface area contributed by atoms with Gasteiger partial charge in [0.05, 0.1) is 22.4 Å². The third kappa shape index (κ3) is 5.77. The molecule has 15 rings (SSSR count). The van der Waals surface area contributed by atoms with Gasteiger partial charge in [-0.2, -0.15) is 0 Å². The quantitative estimate of drug-likeness (QED) is 0.164. The van der Waals surface area contributed by atoms with Crippen LogP contribution in [-0.2, 0) is 21.7 Å². The Labute approximate surface area is 434 Å². The third-order valence-electron chi connectivity index (χ3n) is 18.3. The van der Waals surface area contributed by atoms with E-state index < -0.39 is 0 Å². The molecule has 354 valence electrons. The van der Waals surface area contributed by atoms with E-state index in [9.17, 15) is 0 Å². The average Bonchev–Trinajstić information content (AvgIpc) is 4.00. The molecule has 2 heterocycles. The van der Waals surface area contributed by atoms with Crippen LogP contribution < -0.4 is 0 Å². The normalized spacial score (nSPS) is 16.0. The highest BCUT2D eigenvalue weighted by Crippen LogP contribution is 2.55. The topological polar surface area (TPSA) is 25.8 Å². The first-order chi connectivity index (χ1) is 35.7. The lowest BCUT2D eigenvalue weighted by Gasteiger charge is -2.23. The Balaban J connectivity index is 1.01. The molecule has 0 unspecified atom stereocenters. The summed E-state index contributed by atoms with van der Waals surface area (Å²) in [5.74, 6) is 0. The lowest BCUT2D eigenvalue weighted by molar-refractivity contribution is 0.660. The molecule has 0 N–H and O–H groups in total. The van der Waals surface area contributed by atoms with Gasteiger partial charge in [0.2, 0.25) is 0 Å². The van der Waals surface area contributed by atoms with Crippen LogP contribution in [0.2, 0.25) is 0 Å². The predicted molar refractivity (Wildman–Crippen MR) is 309 cm³/mol. The van der Waals surface area contributed by atoms with Gasteiger partial charge in [0.1, 0.15) is 0 Å². The standard InChI is InChI=1S/C72H56N2/c1-69(2)57-21-13-9-17-45(57)49-29-25-41(35-61(49)69)55-39-65(43-27-31-51-47-19-11-15-23-59(47)71(5,6)63(51)37-43)73-67-53(55)33-34-54-56(42-26-30-50-46-18-10-14-22-58(46)70(3,4)62(50)36-42)40-66(74-68(54)67)44-28-32-52-48-20-12-16-24-60(48)72(7,8)64(52)38-44/h9-40H,1-8H3. The number of fused-ring (bicyclic) bond motifs is 15. The molecule has 0 radical (unpaired) electrons. The molecule has 2 aromatic heterocycles. The Kier molecular flexibility index (Phi) is 8.64. The van der Waals surface area contributed by atoms with E-state index in [2.05, 4.69) is 250 Å². The fraction of sp³-hybridized carbons (Fsp3) is 0.167. The van der Waals surface area contributed by atoms with Gasteiger partial charge >= 0.3 is 0 Å². The molecule has 0 aliphatic heterocycles. The van der Waals surface area contributed by atoms with Gasteiger partial charge in [-0.15, -0.1) is 0 Å². The Hall–Kier alpha value is -8.20. The molecule has 0 bridgehead atoms. The molecule has 11 aromatic rings. The van der Waals surface area contributed by atoms with Crippen molar-refractivity contribution in [3.63, 3.8) is 0 Å². The number of rotatable bonds is 4. The zero-order valence-electron chi connectivity index (χ0n) is 43.4. The van der Waals surface area contributed by atoms with Crippen LogP contribution in [0.1, 0.15) is 99.9 Å². The number of hydrogen-bond acceptors (Lipinski definition) is 2. The van der Waals surface area contributed by atoms with Gasteiger partial charge < -0.3 is 0 Å². The second-order valence-electron chi connectivity index (χ2n) is 23.7. The van der Waals surface area contributed by atoms with Crippen molar-refractivity contribution in [1.82, 2.24) is 9.97 Å². The summed E-state index contributed by atoms with van der Waals surface area (Å²) in [6.45, 7) is 19.0. The number of benzene rings is 9. The van der Waals surface area contributed by atoms with Gasteiger partial charge in [0.15, 0.2) is 0 Å². The van der Waals surface area contributed by atoms with Crippen molar-refractivity contribution < 1.29 is 0 Å². The van der Waals surface area contributed by atoms with E-state index in [1.54, 1.807) is 0 Å². The Morgan fingerprint density at radius 1 is 0.230 bits per heavy atom. The molecular weight excluding hydrogens is 893 g/mol. The van der Waals surface area contributed by atoms with Gasteiger partial charge in [0.25, 0.3) is 0 Å². The van der Waals surface area contributed by atoms with Crippen LogP contribution >= 0.6 is 0 Å². The number of aromatic nitrogens is 2. The van der Waals surface area contributed by atoms with Crippen LogP contribution in [0.4, 0.5) is 0 Å². The summed E-state index contributed by atoms with van der Waals surface area (Å²) in [5, 5.41) is 2.19. The summed E-state index contributed by atoms with van der Waals surface area (Å²) < 4.78 is 0. The highest BCUT2D eigenvalue weighted by atomic mass is 14.8. The molecule has 74 heavy (non-hydrogen) atoms. The fourth-order valence-corrected chi connectivity index (χ4v) is 14.2. The lowest BCUT2D eigenvalue weighted by atomic mass is 9.81. The minimum atomic E-state index is -0.155. The molecule has 0 atom stereocenters. The van der Waals surface area contributed by atoms with Crippen molar-refractivity contribution in [1.29, 1.82) is 0 Å². The molecule has 4 aliphatic rings. The SMILES string of the molecule is CC1(C)c2ccccc2-c2ccc(-c3cc(-c4ccc5c(c4)C(C)(C)c4ccccc4-5)c4ccc5c(-c6ccc7c(c6)C(C)(C)c6ccccc6-7)cc(-c6ccc7c(c6)C(C)(C)c6ccccc6-7)nc5c4n3)cc21. The number of nitrogens with zero attached hydrogens (tertiary/aromatic N) is 2. The maximum atomic E-state index is 5.84. The van der Waals surface area contributed by atoms with Crippen molar-refractivity contribution in [3.05, 3.63) is 239 Å². The van der Waals surface area contributed by atoms with Gasteiger partial charge in [-0.25, -0.2) is 9.97 Å². The zero-order chi connectivity index (χ0) is 50.2. The van der Waals surface area contributed by atoms with Crippen LogP contribution in [0.25, 0.3) is 111 Å². The summed E-state index contributed by atoms with van der Waals surface area (Å²) in [6, 6.07) is 73.4. The van der Waals surface area contributed by atoms with Gasteiger partial charge in [-0.1, -0.05) is 213 Å². The maximum absolute atomic E-state index is 5.84. The summed E-state index contributed by atoms with van der Waals surface area (Å²) in [6.07, 6.45) is 0. The molecule has 2 heteroatoms. The summed E-state index contributed by atoms with van der Waals surface area (Å²) in [7, 11) is 0. The Bertz CT molecular complexity index is 4030. The smallest absolute Gasteiger partial charge is 0.0978 e. The van der Waals surface area contributed by atoms with E-state index in [4.69, 9.17) is 9.97 Å². The zero-order valence-corrected chi connectivity index (χ0v) is 43.4. The second kappa shape index (κ2) is 14.7. The molecule has 9 aromatic carbocycles. The van der Waals surface area contributed by atoms with Crippen LogP contribution in [0.3, 0.4) is 0 Å². The van der Waals surface area contributed by atoms with Crippen molar-refractivity contribution in [2.45, 2.75) is 77.0 Å². The van der Waals surface area contributed by atoms with Gasteiger partial charge in [-0.3, -0.25) is 0 Å². The van der Waals surface area contributed by atoms with Crippen LogP contribution in [-0.4, -0.2) is 9.97 Å². The molecule has 4 aliphatic carbocycles. The Morgan fingerprint density at radius 3 is 0.797 bits per heavy atom. The molecule has 0 saturated carbocycles. The van der Waals surface area contributed by atoms with Crippen molar-refractivity contribution in [3.8, 4) is 89.3 Å². The van der Waals surface area contributed by atoms with Crippen molar-refractivity contribution >= 4 is 21.8 Å². The molecule has 0 amide bonds. The van der Waals surface area contributed by atoms with Crippen molar-refractivity contribution in [2.75, 3.05) is 0 Å². The first-order valence-electron chi connectivity index (χ1n) is 26.5. The van der Waals surface area contributed by atoms with Gasteiger partial charge in [0, 0.05) is 43.6 Å². The monoisotopic (exact) mass is 948 g/mol. The number of hydrogen-bond donors (Lipinski definition) is 0.